The zero-order chi connectivity index (χ0) is 12.7. The van der Waals surface area contributed by atoms with Crippen molar-refractivity contribution in [3.63, 3.8) is 0 Å². The first-order valence-corrected chi connectivity index (χ1v) is 5.32. The second kappa shape index (κ2) is 3.73. The van der Waals surface area contributed by atoms with Crippen LogP contribution in [0.4, 0.5) is 0 Å². The number of aromatic hydroxyl groups is 3. The molecule has 0 atom stereocenters. The smallest absolute Gasteiger partial charge is 0.267 e. The van der Waals surface area contributed by atoms with E-state index in [1.54, 1.807) is 12.1 Å². The summed E-state index contributed by atoms with van der Waals surface area (Å²) in [5.74, 6) is 0.365. The van der Waals surface area contributed by atoms with Gasteiger partial charge in [-0.25, -0.2) is 0 Å². The number of phenols is 3. The van der Waals surface area contributed by atoms with Gasteiger partial charge < -0.3 is 24.8 Å². The third-order valence-electron chi connectivity index (χ3n) is 2.67. The Hall–Kier alpha value is -2.56. The van der Waals surface area contributed by atoms with Crippen LogP contribution in [-0.4, -0.2) is 15.3 Å². The minimum absolute atomic E-state index is 0.157. The third-order valence-corrected chi connectivity index (χ3v) is 2.67. The molecule has 92 valence electrons. The molecule has 18 heavy (non-hydrogen) atoms. The van der Waals surface area contributed by atoms with E-state index in [4.69, 9.17) is 9.47 Å². The Kier molecular flexibility index (Phi) is 2.19. The maximum Gasteiger partial charge on any atom is 0.267 e. The average molecular weight is 246 g/mol. The molecule has 2 aromatic rings. The van der Waals surface area contributed by atoms with Gasteiger partial charge in [-0.2, -0.15) is 0 Å². The van der Waals surface area contributed by atoms with E-state index >= 15 is 0 Å². The minimum Gasteiger partial charge on any atom is -0.508 e. The maximum absolute atomic E-state index is 9.36. The molecule has 5 heteroatoms. The van der Waals surface area contributed by atoms with Crippen molar-refractivity contribution >= 4 is 0 Å². The van der Waals surface area contributed by atoms with E-state index in [0.717, 1.165) is 5.56 Å². The molecular weight excluding hydrogens is 236 g/mol. The van der Waals surface area contributed by atoms with Gasteiger partial charge in [0.2, 0.25) is 0 Å². The van der Waals surface area contributed by atoms with Crippen LogP contribution in [-0.2, 0) is 0 Å². The Morgan fingerprint density at radius 3 is 1.78 bits per heavy atom. The van der Waals surface area contributed by atoms with Gasteiger partial charge in [0.25, 0.3) is 6.29 Å². The van der Waals surface area contributed by atoms with E-state index in [1.165, 1.54) is 24.3 Å². The third kappa shape index (κ3) is 1.66. The highest BCUT2D eigenvalue weighted by molar-refractivity contribution is 5.54. The molecule has 0 spiro atoms. The molecule has 0 amide bonds. The van der Waals surface area contributed by atoms with Crippen LogP contribution < -0.4 is 9.47 Å². The van der Waals surface area contributed by atoms with E-state index in [-0.39, 0.29) is 17.2 Å². The fourth-order valence-electron chi connectivity index (χ4n) is 1.74. The summed E-state index contributed by atoms with van der Waals surface area (Å²) >= 11 is 0. The Labute approximate surface area is 102 Å². The lowest BCUT2D eigenvalue weighted by Crippen LogP contribution is -2.07. The summed E-state index contributed by atoms with van der Waals surface area (Å²) in [7, 11) is 0. The average Bonchev–Trinajstić information content (AvgIpc) is 2.73. The number of rotatable bonds is 1. The summed E-state index contributed by atoms with van der Waals surface area (Å²) in [5.41, 5.74) is 0.725. The second-order valence-electron chi connectivity index (χ2n) is 3.95. The summed E-state index contributed by atoms with van der Waals surface area (Å²) in [4.78, 5) is 0. The fraction of sp³-hybridized carbons (Fsp3) is 0.0769. The molecule has 5 nitrogen and oxygen atoms in total. The predicted octanol–water partition coefficient (Wildman–Crippen LogP) is 2.27. The number of fused-ring (bicyclic) bond motifs is 1. The quantitative estimate of drug-likeness (QED) is 0.673. The zero-order valence-electron chi connectivity index (χ0n) is 9.20. The summed E-state index contributed by atoms with van der Waals surface area (Å²) in [5, 5.41) is 27.9. The van der Waals surface area contributed by atoms with Gasteiger partial charge in [0.15, 0.2) is 23.0 Å². The monoisotopic (exact) mass is 246 g/mol. The predicted molar refractivity (Wildman–Crippen MR) is 61.9 cm³/mol. The van der Waals surface area contributed by atoms with Crippen LogP contribution in [0.25, 0.3) is 0 Å². The van der Waals surface area contributed by atoms with E-state index in [2.05, 4.69) is 0 Å². The summed E-state index contributed by atoms with van der Waals surface area (Å²) in [6, 6.07) is 8.99. The molecule has 1 aliphatic rings. The molecule has 3 N–H and O–H groups in total. The molecule has 0 fully saturated rings. The molecule has 0 saturated carbocycles. The van der Waals surface area contributed by atoms with E-state index in [1.807, 2.05) is 0 Å². The van der Waals surface area contributed by atoms with Crippen LogP contribution in [0.2, 0.25) is 0 Å². The number of hydrogen-bond donors (Lipinski definition) is 3. The number of phenolic OH excluding ortho intramolecular Hbond substituents is 3. The highest BCUT2D eigenvalue weighted by atomic mass is 16.7. The largest absolute Gasteiger partial charge is 0.508 e. The van der Waals surface area contributed by atoms with Gasteiger partial charge in [-0.05, 0) is 24.3 Å². The molecule has 0 radical (unpaired) electrons. The number of benzene rings is 2. The molecule has 0 saturated heterocycles. The molecule has 1 aliphatic heterocycles. The van der Waals surface area contributed by atoms with Crippen molar-refractivity contribution in [1.29, 1.82) is 0 Å². The number of hydrogen-bond acceptors (Lipinski definition) is 5. The summed E-state index contributed by atoms with van der Waals surface area (Å²) in [6.07, 6.45) is -0.651. The van der Waals surface area contributed by atoms with Gasteiger partial charge in [0.05, 0.1) is 0 Å². The Morgan fingerprint density at radius 1 is 0.778 bits per heavy atom. The molecule has 0 unspecified atom stereocenters. The van der Waals surface area contributed by atoms with E-state index in [9.17, 15) is 15.3 Å². The second-order valence-corrected chi connectivity index (χ2v) is 3.95. The Morgan fingerprint density at radius 2 is 1.28 bits per heavy atom. The molecule has 0 aromatic heterocycles. The number of ether oxygens (including phenoxy) is 2. The summed E-state index contributed by atoms with van der Waals surface area (Å²) in [6.45, 7) is 0. The Balaban J connectivity index is 1.91. The van der Waals surface area contributed by atoms with Gasteiger partial charge in [-0.15, -0.1) is 0 Å². The highest BCUT2D eigenvalue weighted by Gasteiger charge is 2.27. The van der Waals surface area contributed by atoms with Gasteiger partial charge in [0.1, 0.15) is 5.75 Å². The minimum atomic E-state index is -0.651. The van der Waals surface area contributed by atoms with Crippen LogP contribution in [0.5, 0.6) is 28.7 Å². The lowest BCUT2D eigenvalue weighted by Gasteiger charge is -2.09. The summed E-state index contributed by atoms with van der Waals surface area (Å²) < 4.78 is 11.0. The normalized spacial score (nSPS) is 13.8. The fourth-order valence-corrected chi connectivity index (χ4v) is 1.74. The first-order valence-electron chi connectivity index (χ1n) is 5.32. The topological polar surface area (TPSA) is 79.2 Å². The van der Waals surface area contributed by atoms with E-state index < -0.39 is 6.29 Å². The molecule has 1 heterocycles. The molecule has 2 aromatic carbocycles. The van der Waals surface area contributed by atoms with Crippen LogP contribution in [0.3, 0.4) is 0 Å². The molecule has 0 bridgehead atoms. The first-order chi connectivity index (χ1) is 8.63. The van der Waals surface area contributed by atoms with Gasteiger partial charge in [-0.3, -0.25) is 0 Å². The molecule has 0 aliphatic carbocycles. The maximum atomic E-state index is 9.36. The molecule has 3 rings (SSSR count). The van der Waals surface area contributed by atoms with Crippen LogP contribution in [0.1, 0.15) is 11.9 Å². The van der Waals surface area contributed by atoms with Gasteiger partial charge in [-0.1, -0.05) is 0 Å². The van der Waals surface area contributed by atoms with E-state index in [0.29, 0.717) is 11.5 Å². The van der Waals surface area contributed by atoms with Crippen LogP contribution in [0.15, 0.2) is 36.4 Å². The standard InChI is InChI=1S/C13H10O5/c14-8-3-1-7(2-4-8)13-17-11-5-9(15)10(16)6-12(11)18-13/h1-6,13-16H. The first kappa shape index (κ1) is 10.6. The van der Waals surface area contributed by atoms with Crippen molar-refractivity contribution in [1.82, 2.24) is 0 Å². The van der Waals surface area contributed by atoms with Gasteiger partial charge >= 0.3 is 0 Å². The SMILES string of the molecule is Oc1ccc(C2Oc3cc(O)c(O)cc3O2)cc1. The van der Waals surface area contributed by atoms with Crippen LogP contribution >= 0.6 is 0 Å². The van der Waals surface area contributed by atoms with Gasteiger partial charge in [0, 0.05) is 17.7 Å². The van der Waals surface area contributed by atoms with Crippen molar-refractivity contribution in [2.45, 2.75) is 6.29 Å². The Bertz CT molecular complexity index is 560. The molecular formula is C13H10O5. The van der Waals surface area contributed by atoms with Crippen molar-refractivity contribution in [3.05, 3.63) is 42.0 Å². The lowest BCUT2D eigenvalue weighted by molar-refractivity contribution is 0.0486. The zero-order valence-corrected chi connectivity index (χ0v) is 9.20. The van der Waals surface area contributed by atoms with Crippen molar-refractivity contribution in [3.8, 4) is 28.7 Å². The highest BCUT2D eigenvalue weighted by Crippen LogP contribution is 2.45. The van der Waals surface area contributed by atoms with Crippen molar-refractivity contribution < 1.29 is 24.8 Å². The van der Waals surface area contributed by atoms with Crippen molar-refractivity contribution in [2.24, 2.45) is 0 Å². The van der Waals surface area contributed by atoms with Crippen LogP contribution in [0, 0.1) is 0 Å². The lowest BCUT2D eigenvalue weighted by atomic mass is 10.2. The van der Waals surface area contributed by atoms with Crippen molar-refractivity contribution in [2.75, 3.05) is 0 Å².